The predicted octanol–water partition coefficient (Wildman–Crippen LogP) is 2.29. The molecule has 1 fully saturated rings. The van der Waals surface area contributed by atoms with Crippen LogP contribution in [0, 0.1) is 0 Å². The molecule has 0 aliphatic carbocycles. The van der Waals surface area contributed by atoms with Crippen molar-refractivity contribution in [2.75, 3.05) is 26.2 Å². The molecule has 3 rings (SSSR count). The van der Waals surface area contributed by atoms with Crippen LogP contribution < -0.4 is 9.47 Å². The molecular weight excluding hydrogens is 336 g/mol. The number of amides is 2. The molecule has 7 nitrogen and oxygen atoms in total. The van der Waals surface area contributed by atoms with Crippen LogP contribution in [0.4, 0.5) is 4.79 Å². The largest absolute Gasteiger partial charge is 0.485 e. The molecule has 0 N–H and O–H groups in total. The summed E-state index contributed by atoms with van der Waals surface area (Å²) in [5.74, 6) is 1.12. The minimum absolute atomic E-state index is 0.116. The van der Waals surface area contributed by atoms with Crippen molar-refractivity contribution < 1.29 is 23.8 Å². The van der Waals surface area contributed by atoms with Gasteiger partial charge in [0.15, 0.2) is 11.5 Å². The zero-order chi connectivity index (χ0) is 18.9. The van der Waals surface area contributed by atoms with E-state index in [1.807, 2.05) is 45.9 Å². The lowest BCUT2D eigenvalue weighted by Crippen LogP contribution is -2.59. The fraction of sp³-hybridized carbons (Fsp3) is 0.579. The van der Waals surface area contributed by atoms with Gasteiger partial charge in [0.05, 0.1) is 0 Å². The standard InChI is InChI=1S/C19H26N2O5/c1-13-11-20(9-10-21(13)18(23)26-19(2,3)4)17(22)16-12-24-14-7-5-6-8-15(14)25-16/h5-8,13,16H,9-12H2,1-4H3. The Labute approximate surface area is 153 Å². The third-order valence-corrected chi connectivity index (χ3v) is 4.35. The van der Waals surface area contributed by atoms with E-state index in [9.17, 15) is 9.59 Å². The molecule has 1 aromatic carbocycles. The average Bonchev–Trinajstić information content (AvgIpc) is 2.59. The van der Waals surface area contributed by atoms with Gasteiger partial charge in [-0.3, -0.25) is 4.79 Å². The molecule has 0 saturated carbocycles. The monoisotopic (exact) mass is 362 g/mol. The third kappa shape index (κ3) is 4.03. The first kappa shape index (κ1) is 18.4. The number of benzene rings is 1. The number of carbonyl (C=O) groups is 2. The second kappa shape index (κ2) is 7.05. The van der Waals surface area contributed by atoms with Gasteiger partial charge in [0.25, 0.3) is 5.91 Å². The third-order valence-electron chi connectivity index (χ3n) is 4.35. The first-order valence-corrected chi connectivity index (χ1v) is 8.91. The van der Waals surface area contributed by atoms with Gasteiger partial charge in [0.2, 0.25) is 6.10 Å². The van der Waals surface area contributed by atoms with Crippen LogP contribution in [0.15, 0.2) is 24.3 Å². The Bertz CT molecular complexity index is 685. The summed E-state index contributed by atoms with van der Waals surface area (Å²) in [4.78, 5) is 28.5. The molecule has 142 valence electrons. The van der Waals surface area contributed by atoms with Crippen LogP contribution >= 0.6 is 0 Å². The van der Waals surface area contributed by atoms with E-state index in [1.165, 1.54) is 0 Å². The van der Waals surface area contributed by atoms with Crippen LogP contribution in [0.25, 0.3) is 0 Å². The fourth-order valence-corrected chi connectivity index (χ4v) is 3.09. The van der Waals surface area contributed by atoms with Crippen LogP contribution in [-0.2, 0) is 9.53 Å². The van der Waals surface area contributed by atoms with E-state index in [2.05, 4.69) is 0 Å². The fourth-order valence-electron chi connectivity index (χ4n) is 3.09. The van der Waals surface area contributed by atoms with E-state index >= 15 is 0 Å². The molecule has 0 bridgehead atoms. The quantitative estimate of drug-likeness (QED) is 0.767. The maximum absolute atomic E-state index is 12.8. The molecular formula is C19H26N2O5. The Morgan fingerprint density at radius 1 is 1.15 bits per heavy atom. The summed E-state index contributed by atoms with van der Waals surface area (Å²) in [6.45, 7) is 8.96. The number of ether oxygens (including phenoxy) is 3. The van der Waals surface area contributed by atoms with Gasteiger partial charge in [-0.1, -0.05) is 12.1 Å². The van der Waals surface area contributed by atoms with Crippen molar-refractivity contribution >= 4 is 12.0 Å². The molecule has 0 spiro atoms. The molecule has 26 heavy (non-hydrogen) atoms. The van der Waals surface area contributed by atoms with Crippen molar-refractivity contribution in [1.29, 1.82) is 0 Å². The van der Waals surface area contributed by atoms with Crippen LogP contribution in [0.3, 0.4) is 0 Å². The highest BCUT2D eigenvalue weighted by molar-refractivity contribution is 5.82. The number of piperazine rings is 1. The van der Waals surface area contributed by atoms with Gasteiger partial charge in [-0.2, -0.15) is 0 Å². The smallest absolute Gasteiger partial charge is 0.410 e. The zero-order valence-electron chi connectivity index (χ0n) is 15.7. The molecule has 2 atom stereocenters. The van der Waals surface area contributed by atoms with Crippen LogP contribution in [0.5, 0.6) is 11.5 Å². The number of fused-ring (bicyclic) bond motifs is 1. The van der Waals surface area contributed by atoms with Crippen LogP contribution in [-0.4, -0.2) is 65.8 Å². The molecule has 2 aliphatic rings. The highest BCUT2D eigenvalue weighted by atomic mass is 16.6. The van der Waals surface area contributed by atoms with Crippen molar-refractivity contribution in [3.8, 4) is 11.5 Å². The topological polar surface area (TPSA) is 68.3 Å². The lowest BCUT2D eigenvalue weighted by molar-refractivity contribution is -0.144. The van der Waals surface area contributed by atoms with Gasteiger partial charge in [0, 0.05) is 25.7 Å². The number of para-hydroxylation sites is 2. The second-order valence-electron chi connectivity index (χ2n) is 7.67. The minimum atomic E-state index is -0.662. The summed E-state index contributed by atoms with van der Waals surface area (Å²) in [5, 5.41) is 0. The second-order valence-corrected chi connectivity index (χ2v) is 7.67. The number of nitrogens with zero attached hydrogens (tertiary/aromatic N) is 2. The molecule has 1 saturated heterocycles. The number of hydrogen-bond acceptors (Lipinski definition) is 5. The lowest BCUT2D eigenvalue weighted by atomic mass is 10.1. The summed E-state index contributed by atoms with van der Waals surface area (Å²) < 4.78 is 16.9. The average molecular weight is 362 g/mol. The van der Waals surface area contributed by atoms with Gasteiger partial charge < -0.3 is 24.0 Å². The molecule has 0 radical (unpaired) electrons. The lowest BCUT2D eigenvalue weighted by Gasteiger charge is -2.41. The van der Waals surface area contributed by atoms with Crippen LogP contribution in [0.1, 0.15) is 27.7 Å². The molecule has 2 heterocycles. The highest BCUT2D eigenvalue weighted by Gasteiger charge is 2.37. The van der Waals surface area contributed by atoms with E-state index in [4.69, 9.17) is 14.2 Å². The maximum Gasteiger partial charge on any atom is 0.410 e. The van der Waals surface area contributed by atoms with Gasteiger partial charge in [-0.25, -0.2) is 4.79 Å². The molecule has 2 amide bonds. The number of carbonyl (C=O) groups excluding carboxylic acids is 2. The normalized spacial score (nSPS) is 22.8. The van der Waals surface area contributed by atoms with Crippen molar-refractivity contribution in [1.82, 2.24) is 9.80 Å². The zero-order valence-corrected chi connectivity index (χ0v) is 15.7. The van der Waals surface area contributed by atoms with Crippen molar-refractivity contribution in [2.24, 2.45) is 0 Å². The Kier molecular flexibility index (Phi) is 4.98. The molecule has 7 heteroatoms. The Morgan fingerprint density at radius 2 is 1.85 bits per heavy atom. The summed E-state index contributed by atoms with van der Waals surface area (Å²) >= 11 is 0. The maximum atomic E-state index is 12.8. The van der Waals surface area contributed by atoms with E-state index in [0.29, 0.717) is 31.1 Å². The Balaban J connectivity index is 1.59. The van der Waals surface area contributed by atoms with Crippen LogP contribution in [0.2, 0.25) is 0 Å². The Morgan fingerprint density at radius 3 is 2.50 bits per heavy atom. The number of rotatable bonds is 1. The molecule has 2 unspecified atom stereocenters. The summed E-state index contributed by atoms with van der Waals surface area (Å²) in [6, 6.07) is 7.19. The highest BCUT2D eigenvalue weighted by Crippen LogP contribution is 2.31. The van der Waals surface area contributed by atoms with E-state index in [1.54, 1.807) is 15.9 Å². The van der Waals surface area contributed by atoms with Gasteiger partial charge in [0.1, 0.15) is 12.2 Å². The SMILES string of the molecule is CC1CN(C(=O)C2COc3ccccc3O2)CCN1C(=O)OC(C)(C)C. The molecule has 2 aliphatic heterocycles. The first-order chi connectivity index (χ1) is 12.2. The van der Waals surface area contributed by atoms with Crippen molar-refractivity contribution in [3.63, 3.8) is 0 Å². The number of hydrogen-bond donors (Lipinski definition) is 0. The summed E-state index contributed by atoms with van der Waals surface area (Å²) in [7, 11) is 0. The molecule has 0 aromatic heterocycles. The first-order valence-electron chi connectivity index (χ1n) is 8.91. The van der Waals surface area contributed by atoms with Gasteiger partial charge in [-0.05, 0) is 39.8 Å². The van der Waals surface area contributed by atoms with Gasteiger partial charge >= 0.3 is 6.09 Å². The molecule has 1 aromatic rings. The van der Waals surface area contributed by atoms with Crippen molar-refractivity contribution in [2.45, 2.75) is 45.4 Å². The Hall–Kier alpha value is -2.44. The minimum Gasteiger partial charge on any atom is -0.485 e. The van der Waals surface area contributed by atoms with E-state index < -0.39 is 11.7 Å². The summed E-state index contributed by atoms with van der Waals surface area (Å²) in [5.41, 5.74) is -0.537. The summed E-state index contributed by atoms with van der Waals surface area (Å²) in [6.07, 6.45) is -1.01. The predicted molar refractivity (Wildman–Crippen MR) is 95.3 cm³/mol. The van der Waals surface area contributed by atoms with E-state index in [0.717, 1.165) is 0 Å². The van der Waals surface area contributed by atoms with E-state index in [-0.39, 0.29) is 24.6 Å². The van der Waals surface area contributed by atoms with Gasteiger partial charge in [-0.15, -0.1) is 0 Å². The van der Waals surface area contributed by atoms with Crippen molar-refractivity contribution in [3.05, 3.63) is 24.3 Å².